The predicted molar refractivity (Wildman–Crippen MR) is 70.6 cm³/mol. The Morgan fingerprint density at radius 2 is 2.06 bits per heavy atom. The van der Waals surface area contributed by atoms with Gasteiger partial charge in [0.15, 0.2) is 0 Å². The molecule has 0 aromatic heterocycles. The van der Waals surface area contributed by atoms with E-state index in [1.54, 1.807) is 19.1 Å². The van der Waals surface area contributed by atoms with Gasteiger partial charge in [0.25, 0.3) is 5.91 Å². The zero-order chi connectivity index (χ0) is 13.7. The molecule has 18 heavy (non-hydrogen) atoms. The smallest absolute Gasteiger partial charge is 0.251 e. The summed E-state index contributed by atoms with van der Waals surface area (Å²) >= 11 is 0. The van der Waals surface area contributed by atoms with Gasteiger partial charge in [-0.15, -0.1) is 0 Å². The number of phenols is 1. The monoisotopic (exact) mass is 251 g/mol. The molecule has 1 unspecified atom stereocenters. The molecule has 3 N–H and O–H groups in total. The summed E-state index contributed by atoms with van der Waals surface area (Å²) in [6, 6.07) is 4.47. The molecule has 0 bridgehead atoms. The van der Waals surface area contributed by atoms with Gasteiger partial charge < -0.3 is 15.5 Å². The van der Waals surface area contributed by atoms with Crippen molar-refractivity contribution in [1.82, 2.24) is 5.32 Å². The third-order valence-corrected chi connectivity index (χ3v) is 2.77. The van der Waals surface area contributed by atoms with Crippen molar-refractivity contribution in [2.24, 2.45) is 5.92 Å². The Morgan fingerprint density at radius 3 is 2.56 bits per heavy atom. The van der Waals surface area contributed by atoms with Gasteiger partial charge in [0.1, 0.15) is 5.75 Å². The predicted octanol–water partition coefficient (Wildman–Crippen LogP) is 1.84. The lowest BCUT2D eigenvalue weighted by Crippen LogP contribution is -2.38. The molecule has 0 heterocycles. The highest BCUT2D eigenvalue weighted by Crippen LogP contribution is 2.17. The van der Waals surface area contributed by atoms with E-state index in [0.717, 1.165) is 6.42 Å². The normalized spacial score (nSPS) is 12.5. The molecule has 1 aromatic rings. The fraction of sp³-hybridized carbons (Fsp3) is 0.500. The van der Waals surface area contributed by atoms with Gasteiger partial charge in [-0.05, 0) is 43.0 Å². The molecular weight excluding hydrogens is 230 g/mol. The van der Waals surface area contributed by atoms with Gasteiger partial charge in [-0.3, -0.25) is 4.79 Å². The topological polar surface area (TPSA) is 69.6 Å². The van der Waals surface area contributed by atoms with Crippen molar-refractivity contribution in [1.29, 1.82) is 0 Å². The summed E-state index contributed by atoms with van der Waals surface area (Å²) in [5.74, 6) is 0.356. The Hall–Kier alpha value is -1.55. The summed E-state index contributed by atoms with van der Waals surface area (Å²) in [5, 5.41) is 21.4. The maximum absolute atomic E-state index is 12.0. The number of benzene rings is 1. The van der Waals surface area contributed by atoms with E-state index >= 15 is 0 Å². The summed E-state index contributed by atoms with van der Waals surface area (Å²) in [4.78, 5) is 12.0. The van der Waals surface area contributed by atoms with E-state index in [4.69, 9.17) is 0 Å². The largest absolute Gasteiger partial charge is 0.508 e. The van der Waals surface area contributed by atoms with Crippen LogP contribution < -0.4 is 5.32 Å². The van der Waals surface area contributed by atoms with Crippen LogP contribution in [0, 0.1) is 12.8 Å². The fourth-order valence-electron chi connectivity index (χ4n) is 1.81. The van der Waals surface area contributed by atoms with E-state index in [-0.39, 0.29) is 24.3 Å². The molecule has 1 atom stereocenters. The lowest BCUT2D eigenvalue weighted by Gasteiger charge is -2.18. The molecule has 1 aromatic carbocycles. The molecule has 0 aliphatic carbocycles. The van der Waals surface area contributed by atoms with Crippen LogP contribution in [0.2, 0.25) is 0 Å². The molecule has 4 heteroatoms. The molecule has 100 valence electrons. The van der Waals surface area contributed by atoms with Crippen LogP contribution in [0.4, 0.5) is 0 Å². The summed E-state index contributed by atoms with van der Waals surface area (Å²) in [7, 11) is 0. The number of carbonyl (C=O) groups excluding carboxylic acids is 1. The number of hydrogen-bond acceptors (Lipinski definition) is 3. The van der Waals surface area contributed by atoms with Crippen molar-refractivity contribution in [2.75, 3.05) is 6.61 Å². The Bertz CT molecular complexity index is 416. The second-order valence-electron chi connectivity index (χ2n) is 4.98. The van der Waals surface area contributed by atoms with Gasteiger partial charge in [-0.1, -0.05) is 13.8 Å². The van der Waals surface area contributed by atoms with Gasteiger partial charge in [-0.2, -0.15) is 0 Å². The number of aryl methyl sites for hydroxylation is 1. The van der Waals surface area contributed by atoms with Gasteiger partial charge in [0.05, 0.1) is 12.6 Å². The number of nitrogens with one attached hydrogen (secondary N) is 1. The Morgan fingerprint density at radius 1 is 1.39 bits per heavy atom. The van der Waals surface area contributed by atoms with Gasteiger partial charge in [-0.25, -0.2) is 0 Å². The second-order valence-corrected chi connectivity index (χ2v) is 4.98. The number of aliphatic hydroxyl groups excluding tert-OH is 1. The van der Waals surface area contributed by atoms with E-state index in [1.165, 1.54) is 6.07 Å². The average molecular weight is 251 g/mol. The lowest BCUT2D eigenvalue weighted by atomic mass is 10.0. The van der Waals surface area contributed by atoms with Crippen LogP contribution >= 0.6 is 0 Å². The molecule has 1 amide bonds. The molecule has 0 radical (unpaired) electrons. The van der Waals surface area contributed by atoms with E-state index in [1.807, 2.05) is 13.8 Å². The zero-order valence-electron chi connectivity index (χ0n) is 11.1. The number of aliphatic hydroxyl groups is 1. The first-order valence-corrected chi connectivity index (χ1v) is 6.15. The third-order valence-electron chi connectivity index (χ3n) is 2.77. The van der Waals surface area contributed by atoms with Gasteiger partial charge >= 0.3 is 0 Å². The molecular formula is C14H21NO3. The Kier molecular flexibility index (Phi) is 5.16. The lowest BCUT2D eigenvalue weighted by molar-refractivity contribution is 0.0908. The maximum Gasteiger partial charge on any atom is 0.251 e. The van der Waals surface area contributed by atoms with E-state index in [9.17, 15) is 15.0 Å². The summed E-state index contributed by atoms with van der Waals surface area (Å²) in [5.41, 5.74) is 1.15. The minimum atomic E-state index is -0.230. The molecule has 1 rings (SSSR count). The SMILES string of the molecule is Cc1cc(C(=O)NC(CO)CC(C)C)ccc1O. The van der Waals surface area contributed by atoms with Crippen molar-refractivity contribution in [3.05, 3.63) is 29.3 Å². The molecule has 0 spiro atoms. The molecule has 0 saturated carbocycles. The van der Waals surface area contributed by atoms with E-state index in [2.05, 4.69) is 5.32 Å². The quantitative estimate of drug-likeness (QED) is 0.748. The molecule has 0 fully saturated rings. The van der Waals surface area contributed by atoms with E-state index in [0.29, 0.717) is 17.0 Å². The van der Waals surface area contributed by atoms with Crippen LogP contribution in [0.15, 0.2) is 18.2 Å². The first-order chi connectivity index (χ1) is 8.43. The molecule has 4 nitrogen and oxygen atoms in total. The highest BCUT2D eigenvalue weighted by atomic mass is 16.3. The van der Waals surface area contributed by atoms with Crippen molar-refractivity contribution >= 4 is 5.91 Å². The van der Waals surface area contributed by atoms with Crippen LogP contribution in [0.5, 0.6) is 5.75 Å². The molecule has 0 saturated heterocycles. The van der Waals surface area contributed by atoms with Gasteiger partial charge in [0.2, 0.25) is 0 Å². The highest BCUT2D eigenvalue weighted by molar-refractivity contribution is 5.94. The minimum absolute atomic E-state index is 0.0685. The zero-order valence-corrected chi connectivity index (χ0v) is 11.1. The number of rotatable bonds is 5. The first-order valence-electron chi connectivity index (χ1n) is 6.15. The summed E-state index contributed by atoms with van der Waals surface area (Å²) in [6.45, 7) is 5.75. The number of hydrogen-bond donors (Lipinski definition) is 3. The Balaban J connectivity index is 2.71. The summed E-state index contributed by atoms with van der Waals surface area (Å²) in [6.07, 6.45) is 0.735. The number of aromatic hydroxyl groups is 1. The average Bonchev–Trinajstić information content (AvgIpc) is 2.31. The van der Waals surface area contributed by atoms with Crippen LogP contribution in [0.3, 0.4) is 0 Å². The minimum Gasteiger partial charge on any atom is -0.508 e. The second kappa shape index (κ2) is 6.40. The van der Waals surface area contributed by atoms with Crippen LogP contribution in [-0.4, -0.2) is 28.8 Å². The maximum atomic E-state index is 12.0. The van der Waals surface area contributed by atoms with E-state index < -0.39 is 0 Å². The van der Waals surface area contributed by atoms with Crippen molar-refractivity contribution < 1.29 is 15.0 Å². The number of phenolic OH excluding ortho intramolecular Hbond substituents is 1. The van der Waals surface area contributed by atoms with Crippen molar-refractivity contribution in [2.45, 2.75) is 33.2 Å². The Labute approximate surface area is 108 Å². The van der Waals surface area contributed by atoms with Crippen molar-refractivity contribution in [3.63, 3.8) is 0 Å². The fourth-order valence-corrected chi connectivity index (χ4v) is 1.81. The highest BCUT2D eigenvalue weighted by Gasteiger charge is 2.14. The number of amides is 1. The summed E-state index contributed by atoms with van der Waals surface area (Å²) < 4.78 is 0. The molecule has 0 aliphatic rings. The van der Waals surface area contributed by atoms with Crippen LogP contribution in [-0.2, 0) is 0 Å². The van der Waals surface area contributed by atoms with Crippen LogP contribution in [0.1, 0.15) is 36.2 Å². The third kappa shape index (κ3) is 4.04. The first kappa shape index (κ1) is 14.5. The molecule has 0 aliphatic heterocycles. The van der Waals surface area contributed by atoms with Crippen LogP contribution in [0.25, 0.3) is 0 Å². The standard InChI is InChI=1S/C14H21NO3/c1-9(2)6-12(8-16)15-14(18)11-4-5-13(17)10(3)7-11/h4-5,7,9,12,16-17H,6,8H2,1-3H3,(H,15,18). The van der Waals surface area contributed by atoms with Crippen molar-refractivity contribution in [3.8, 4) is 5.75 Å². The van der Waals surface area contributed by atoms with Gasteiger partial charge in [0, 0.05) is 5.56 Å². The number of carbonyl (C=O) groups is 1.